The van der Waals surface area contributed by atoms with Crippen LogP contribution in [0.2, 0.25) is 10.2 Å². The Hall–Kier alpha value is -1.17. The van der Waals surface area contributed by atoms with Crippen LogP contribution in [0.5, 0.6) is 0 Å². The van der Waals surface area contributed by atoms with E-state index in [9.17, 15) is 4.79 Å². The first-order valence-electron chi connectivity index (χ1n) is 5.18. The normalized spacial score (nSPS) is 10.4. The van der Waals surface area contributed by atoms with Crippen molar-refractivity contribution in [1.82, 2.24) is 9.97 Å². The summed E-state index contributed by atoms with van der Waals surface area (Å²) in [5, 5.41) is 2.86. The molecular formula is C11H9Cl2N3OS. The Morgan fingerprint density at radius 3 is 2.83 bits per heavy atom. The van der Waals surface area contributed by atoms with Gasteiger partial charge < -0.3 is 5.32 Å². The van der Waals surface area contributed by atoms with Gasteiger partial charge in [0.25, 0.3) is 5.91 Å². The number of hydrogen-bond donors (Lipinski definition) is 1. The van der Waals surface area contributed by atoms with Crippen molar-refractivity contribution in [2.24, 2.45) is 0 Å². The van der Waals surface area contributed by atoms with Gasteiger partial charge in [-0.15, -0.1) is 11.3 Å². The summed E-state index contributed by atoms with van der Waals surface area (Å²) in [4.78, 5) is 21.3. The number of carbonyl (C=O) groups is 1. The molecule has 0 aromatic carbocycles. The lowest BCUT2D eigenvalue weighted by Gasteiger charge is -2.04. The summed E-state index contributed by atoms with van der Waals surface area (Å²) in [5.74, 6) is -0.0375. The standard InChI is InChI=1S/C11H9Cl2N3OS/c1-2-6-3-4-7(18-6)11(17)16-10-8(12)9(13)14-5-15-10/h3-5H,2H2,1H3,(H,14,15,16,17). The fourth-order valence-electron chi connectivity index (χ4n) is 1.29. The van der Waals surface area contributed by atoms with E-state index in [-0.39, 0.29) is 21.9 Å². The topological polar surface area (TPSA) is 54.9 Å². The molecule has 94 valence electrons. The van der Waals surface area contributed by atoms with E-state index in [0.717, 1.165) is 11.3 Å². The molecule has 0 unspecified atom stereocenters. The molecule has 2 heterocycles. The maximum absolute atomic E-state index is 11.9. The highest BCUT2D eigenvalue weighted by Crippen LogP contribution is 2.26. The number of nitrogens with zero attached hydrogens (tertiary/aromatic N) is 2. The third kappa shape index (κ3) is 2.80. The number of rotatable bonds is 3. The molecule has 0 aliphatic heterocycles. The third-order valence-corrected chi connectivity index (χ3v) is 4.18. The first kappa shape index (κ1) is 13.3. The summed E-state index contributed by atoms with van der Waals surface area (Å²) in [7, 11) is 0. The van der Waals surface area contributed by atoms with Crippen LogP contribution >= 0.6 is 34.5 Å². The number of thiophene rings is 1. The van der Waals surface area contributed by atoms with Crippen molar-refractivity contribution in [3.8, 4) is 0 Å². The summed E-state index contributed by atoms with van der Waals surface area (Å²) < 4.78 is 0. The summed E-state index contributed by atoms with van der Waals surface area (Å²) >= 11 is 13.1. The van der Waals surface area contributed by atoms with Gasteiger partial charge in [0.2, 0.25) is 0 Å². The zero-order valence-corrected chi connectivity index (χ0v) is 11.7. The molecule has 0 fully saturated rings. The van der Waals surface area contributed by atoms with Crippen LogP contribution < -0.4 is 5.32 Å². The lowest BCUT2D eigenvalue weighted by atomic mass is 10.3. The number of amides is 1. The lowest BCUT2D eigenvalue weighted by molar-refractivity contribution is 0.103. The number of hydrogen-bond acceptors (Lipinski definition) is 4. The number of carbonyl (C=O) groups excluding carboxylic acids is 1. The second kappa shape index (κ2) is 5.65. The van der Waals surface area contributed by atoms with Gasteiger partial charge in [-0.3, -0.25) is 4.79 Å². The Labute approximate surface area is 118 Å². The van der Waals surface area contributed by atoms with E-state index in [4.69, 9.17) is 23.2 Å². The van der Waals surface area contributed by atoms with Gasteiger partial charge in [-0.25, -0.2) is 9.97 Å². The molecule has 18 heavy (non-hydrogen) atoms. The van der Waals surface area contributed by atoms with Gasteiger partial charge in [-0.2, -0.15) is 0 Å². The number of aromatic nitrogens is 2. The van der Waals surface area contributed by atoms with E-state index in [1.54, 1.807) is 6.07 Å². The van der Waals surface area contributed by atoms with Crippen molar-refractivity contribution < 1.29 is 4.79 Å². The molecule has 0 spiro atoms. The van der Waals surface area contributed by atoms with Crippen molar-refractivity contribution in [2.75, 3.05) is 5.32 Å². The Morgan fingerprint density at radius 2 is 2.17 bits per heavy atom. The lowest BCUT2D eigenvalue weighted by Crippen LogP contribution is -2.12. The summed E-state index contributed by atoms with van der Waals surface area (Å²) in [5.41, 5.74) is 0. The maximum Gasteiger partial charge on any atom is 0.266 e. The Morgan fingerprint density at radius 1 is 1.39 bits per heavy atom. The molecule has 2 rings (SSSR count). The first-order chi connectivity index (χ1) is 8.61. The van der Waals surface area contributed by atoms with Crippen molar-refractivity contribution in [3.63, 3.8) is 0 Å². The highest BCUT2D eigenvalue weighted by molar-refractivity contribution is 7.14. The summed E-state index contributed by atoms with van der Waals surface area (Å²) in [6.07, 6.45) is 2.15. The SMILES string of the molecule is CCc1ccc(C(=O)Nc2ncnc(Cl)c2Cl)s1. The molecule has 0 atom stereocenters. The average Bonchev–Trinajstić information content (AvgIpc) is 2.83. The smallest absolute Gasteiger partial charge is 0.266 e. The van der Waals surface area contributed by atoms with Gasteiger partial charge in [-0.05, 0) is 18.6 Å². The van der Waals surface area contributed by atoms with Crippen LogP contribution in [0, 0.1) is 0 Å². The highest BCUT2D eigenvalue weighted by Gasteiger charge is 2.13. The predicted molar refractivity (Wildman–Crippen MR) is 73.7 cm³/mol. The molecule has 2 aromatic heterocycles. The molecule has 0 radical (unpaired) electrons. The van der Waals surface area contributed by atoms with Crippen LogP contribution in [0.3, 0.4) is 0 Å². The third-order valence-electron chi connectivity index (χ3n) is 2.21. The molecule has 0 aliphatic carbocycles. The molecule has 1 N–H and O–H groups in total. The van der Waals surface area contributed by atoms with Crippen molar-refractivity contribution in [2.45, 2.75) is 13.3 Å². The number of halogens is 2. The number of nitrogens with one attached hydrogen (secondary N) is 1. The molecule has 1 amide bonds. The van der Waals surface area contributed by atoms with E-state index in [1.165, 1.54) is 17.7 Å². The van der Waals surface area contributed by atoms with Crippen LogP contribution in [-0.2, 0) is 6.42 Å². The second-order valence-electron chi connectivity index (χ2n) is 3.40. The first-order valence-corrected chi connectivity index (χ1v) is 6.75. The molecule has 0 saturated carbocycles. The average molecular weight is 302 g/mol. The van der Waals surface area contributed by atoms with Crippen LogP contribution in [0.1, 0.15) is 21.5 Å². The van der Waals surface area contributed by atoms with Gasteiger partial charge in [0, 0.05) is 4.88 Å². The molecule has 4 nitrogen and oxygen atoms in total. The monoisotopic (exact) mass is 301 g/mol. The minimum atomic E-state index is -0.253. The minimum absolute atomic E-state index is 0.113. The Kier molecular flexibility index (Phi) is 4.16. The van der Waals surface area contributed by atoms with Crippen LogP contribution in [0.25, 0.3) is 0 Å². The zero-order valence-electron chi connectivity index (χ0n) is 9.41. The van der Waals surface area contributed by atoms with Gasteiger partial charge in [0.05, 0.1) is 4.88 Å². The number of anilines is 1. The van der Waals surface area contributed by atoms with E-state index < -0.39 is 0 Å². The van der Waals surface area contributed by atoms with Crippen molar-refractivity contribution in [1.29, 1.82) is 0 Å². The molecular weight excluding hydrogens is 293 g/mol. The Balaban J connectivity index is 2.18. The zero-order chi connectivity index (χ0) is 13.1. The minimum Gasteiger partial charge on any atom is -0.304 e. The fourth-order valence-corrected chi connectivity index (χ4v) is 2.42. The molecule has 0 bridgehead atoms. The Bertz CT molecular complexity index is 585. The summed E-state index contributed by atoms with van der Waals surface area (Å²) in [6.45, 7) is 2.04. The predicted octanol–water partition coefficient (Wildman–Crippen LogP) is 3.66. The quantitative estimate of drug-likeness (QED) is 0.880. The van der Waals surface area contributed by atoms with Crippen LogP contribution in [0.4, 0.5) is 5.82 Å². The van der Waals surface area contributed by atoms with Gasteiger partial charge in [-0.1, -0.05) is 30.1 Å². The van der Waals surface area contributed by atoms with E-state index in [2.05, 4.69) is 15.3 Å². The van der Waals surface area contributed by atoms with Gasteiger partial charge in [0.1, 0.15) is 11.3 Å². The second-order valence-corrected chi connectivity index (χ2v) is 5.31. The molecule has 2 aromatic rings. The molecule has 7 heteroatoms. The largest absolute Gasteiger partial charge is 0.304 e. The van der Waals surface area contributed by atoms with E-state index >= 15 is 0 Å². The molecule has 0 saturated heterocycles. The maximum atomic E-state index is 11.9. The summed E-state index contributed by atoms with van der Waals surface area (Å²) in [6, 6.07) is 3.70. The molecule has 0 aliphatic rings. The van der Waals surface area contributed by atoms with E-state index in [1.807, 2.05) is 13.0 Å². The van der Waals surface area contributed by atoms with Crippen molar-refractivity contribution >= 4 is 46.3 Å². The number of aryl methyl sites for hydroxylation is 1. The fraction of sp³-hybridized carbons (Fsp3) is 0.182. The highest BCUT2D eigenvalue weighted by atomic mass is 35.5. The van der Waals surface area contributed by atoms with E-state index in [0.29, 0.717) is 4.88 Å². The van der Waals surface area contributed by atoms with Gasteiger partial charge >= 0.3 is 0 Å². The van der Waals surface area contributed by atoms with Crippen molar-refractivity contribution in [3.05, 3.63) is 38.4 Å². The van der Waals surface area contributed by atoms with Crippen LogP contribution in [-0.4, -0.2) is 15.9 Å². The van der Waals surface area contributed by atoms with Gasteiger partial charge in [0.15, 0.2) is 11.0 Å². The van der Waals surface area contributed by atoms with Crippen LogP contribution in [0.15, 0.2) is 18.5 Å².